The minimum atomic E-state index is -0.136. The van der Waals surface area contributed by atoms with E-state index in [1.54, 1.807) is 21.5 Å². The highest BCUT2D eigenvalue weighted by molar-refractivity contribution is 5.78. The lowest BCUT2D eigenvalue weighted by Gasteiger charge is -2.27. The van der Waals surface area contributed by atoms with Crippen molar-refractivity contribution in [3.63, 3.8) is 0 Å². The third-order valence-electron chi connectivity index (χ3n) is 6.68. The second-order valence-electron chi connectivity index (χ2n) is 8.89. The van der Waals surface area contributed by atoms with Gasteiger partial charge >= 0.3 is 0 Å². The number of amides is 1. The van der Waals surface area contributed by atoms with Crippen LogP contribution in [0.2, 0.25) is 0 Å². The molecule has 6 nitrogen and oxygen atoms in total. The third kappa shape index (κ3) is 4.31. The average molecular weight is 453 g/mol. The minimum absolute atomic E-state index is 0.0689. The fourth-order valence-electron chi connectivity index (χ4n) is 4.43. The molecule has 1 aliphatic heterocycles. The van der Waals surface area contributed by atoms with Crippen LogP contribution in [-0.4, -0.2) is 38.1 Å². The van der Waals surface area contributed by atoms with Gasteiger partial charge in [0, 0.05) is 44.0 Å². The molecule has 1 amide bonds. The average Bonchev–Trinajstić information content (AvgIpc) is 3.31. The maximum absolute atomic E-state index is 13.1. The lowest BCUT2D eigenvalue weighted by molar-refractivity contribution is -0.131. The molecule has 0 atom stereocenters. The highest BCUT2D eigenvalue weighted by atomic mass is 16.2. The SMILES string of the molecule is Cc1ccc(-c2cc3c(=O)n(CCC(=O)N4CC=C(c5ccccc5)CC4)ccn3n2)cc1C. The Morgan fingerprint density at radius 1 is 0.971 bits per heavy atom. The van der Waals surface area contributed by atoms with E-state index >= 15 is 0 Å². The molecule has 1 aliphatic rings. The maximum Gasteiger partial charge on any atom is 0.276 e. The minimum Gasteiger partial charge on any atom is -0.339 e. The van der Waals surface area contributed by atoms with Gasteiger partial charge in [-0.15, -0.1) is 0 Å². The van der Waals surface area contributed by atoms with Crippen molar-refractivity contribution in [3.05, 3.63) is 100 Å². The molecule has 0 bridgehead atoms. The van der Waals surface area contributed by atoms with Gasteiger partial charge in [0.15, 0.2) is 0 Å². The predicted octanol–water partition coefficient (Wildman–Crippen LogP) is 4.49. The molecule has 5 rings (SSSR count). The van der Waals surface area contributed by atoms with Crippen molar-refractivity contribution < 1.29 is 4.79 Å². The van der Waals surface area contributed by atoms with Crippen LogP contribution in [0.3, 0.4) is 0 Å². The van der Waals surface area contributed by atoms with Crippen molar-refractivity contribution in [1.29, 1.82) is 0 Å². The van der Waals surface area contributed by atoms with Crippen LogP contribution in [-0.2, 0) is 11.3 Å². The first kappa shape index (κ1) is 21.9. The van der Waals surface area contributed by atoms with Crippen LogP contribution in [0.1, 0.15) is 29.5 Å². The van der Waals surface area contributed by atoms with Crippen LogP contribution in [0.4, 0.5) is 0 Å². The molecule has 2 aromatic carbocycles. The van der Waals surface area contributed by atoms with Gasteiger partial charge in [-0.3, -0.25) is 9.59 Å². The Bertz CT molecular complexity index is 1450. The molecule has 0 fully saturated rings. The Labute approximate surface area is 198 Å². The van der Waals surface area contributed by atoms with Gasteiger partial charge in [0.05, 0.1) is 5.69 Å². The number of benzene rings is 2. The smallest absolute Gasteiger partial charge is 0.276 e. The molecule has 3 heterocycles. The summed E-state index contributed by atoms with van der Waals surface area (Å²) >= 11 is 0. The van der Waals surface area contributed by atoms with Gasteiger partial charge in [0.25, 0.3) is 5.56 Å². The lowest BCUT2D eigenvalue weighted by Crippen LogP contribution is -2.35. The van der Waals surface area contributed by atoms with E-state index in [1.165, 1.54) is 22.3 Å². The molecule has 0 unspecified atom stereocenters. The Morgan fingerprint density at radius 3 is 2.53 bits per heavy atom. The Morgan fingerprint density at radius 2 is 1.79 bits per heavy atom. The van der Waals surface area contributed by atoms with E-state index in [0.717, 1.165) is 17.7 Å². The summed E-state index contributed by atoms with van der Waals surface area (Å²) in [6, 6.07) is 18.3. The predicted molar refractivity (Wildman–Crippen MR) is 135 cm³/mol. The first-order valence-corrected chi connectivity index (χ1v) is 11.7. The summed E-state index contributed by atoms with van der Waals surface area (Å²) in [5, 5.41) is 4.58. The first-order valence-electron chi connectivity index (χ1n) is 11.7. The largest absolute Gasteiger partial charge is 0.339 e. The Hall–Kier alpha value is -3.93. The quantitative estimate of drug-likeness (QED) is 0.448. The summed E-state index contributed by atoms with van der Waals surface area (Å²) < 4.78 is 3.22. The zero-order chi connectivity index (χ0) is 23.7. The molecule has 0 spiro atoms. The standard InChI is InChI=1S/C28H28N4O2/c1-20-8-9-24(18-21(20)2)25-19-26-28(34)31(16-17-32(26)29-25)15-12-27(33)30-13-10-23(11-14-30)22-6-4-3-5-7-22/h3-10,16-19H,11-15H2,1-2H3. The third-order valence-corrected chi connectivity index (χ3v) is 6.68. The van der Waals surface area contributed by atoms with Gasteiger partial charge in [-0.2, -0.15) is 5.10 Å². The normalized spacial score (nSPS) is 13.8. The van der Waals surface area contributed by atoms with Crippen molar-refractivity contribution in [2.24, 2.45) is 0 Å². The second kappa shape index (κ2) is 9.14. The van der Waals surface area contributed by atoms with Gasteiger partial charge in [0.2, 0.25) is 5.91 Å². The van der Waals surface area contributed by atoms with E-state index in [4.69, 9.17) is 0 Å². The molecular formula is C28H28N4O2. The van der Waals surface area contributed by atoms with Crippen LogP contribution in [0, 0.1) is 13.8 Å². The van der Waals surface area contributed by atoms with Gasteiger partial charge in [0.1, 0.15) is 5.52 Å². The number of nitrogens with zero attached hydrogens (tertiary/aromatic N) is 4. The fourth-order valence-corrected chi connectivity index (χ4v) is 4.43. The Kier molecular flexibility index (Phi) is 5.88. The van der Waals surface area contributed by atoms with E-state index in [-0.39, 0.29) is 11.5 Å². The highest BCUT2D eigenvalue weighted by Crippen LogP contribution is 2.23. The molecular weight excluding hydrogens is 424 g/mol. The van der Waals surface area contributed by atoms with E-state index in [2.05, 4.69) is 49.3 Å². The number of carbonyl (C=O) groups is 1. The first-order chi connectivity index (χ1) is 16.5. The van der Waals surface area contributed by atoms with Gasteiger partial charge < -0.3 is 9.47 Å². The molecule has 2 aromatic heterocycles. The maximum atomic E-state index is 13.1. The molecule has 4 aromatic rings. The van der Waals surface area contributed by atoms with Crippen molar-refractivity contribution in [2.75, 3.05) is 13.1 Å². The van der Waals surface area contributed by atoms with Gasteiger partial charge in [-0.05, 0) is 54.7 Å². The number of aromatic nitrogens is 3. The molecule has 0 saturated heterocycles. The fraction of sp³-hybridized carbons (Fsp3) is 0.250. The number of rotatable bonds is 5. The molecule has 34 heavy (non-hydrogen) atoms. The van der Waals surface area contributed by atoms with Crippen molar-refractivity contribution in [3.8, 4) is 11.3 Å². The van der Waals surface area contributed by atoms with Crippen molar-refractivity contribution >= 4 is 17.0 Å². The number of fused-ring (bicyclic) bond motifs is 1. The highest BCUT2D eigenvalue weighted by Gasteiger charge is 2.18. The summed E-state index contributed by atoms with van der Waals surface area (Å²) in [7, 11) is 0. The molecule has 0 saturated carbocycles. The van der Waals surface area contributed by atoms with E-state index in [1.807, 2.05) is 35.2 Å². The molecule has 0 N–H and O–H groups in total. The van der Waals surface area contributed by atoms with E-state index in [9.17, 15) is 9.59 Å². The number of hydrogen-bond donors (Lipinski definition) is 0. The van der Waals surface area contributed by atoms with E-state index < -0.39 is 0 Å². The number of hydrogen-bond acceptors (Lipinski definition) is 3. The summed E-state index contributed by atoms with van der Waals surface area (Å²) in [5.41, 5.74) is 7.04. The summed E-state index contributed by atoms with van der Waals surface area (Å²) in [6.07, 6.45) is 6.77. The summed E-state index contributed by atoms with van der Waals surface area (Å²) in [4.78, 5) is 27.7. The van der Waals surface area contributed by atoms with Crippen LogP contribution in [0.15, 0.2) is 77.9 Å². The van der Waals surface area contributed by atoms with Gasteiger partial charge in [-0.25, -0.2) is 4.52 Å². The molecule has 0 aliphatic carbocycles. The second-order valence-corrected chi connectivity index (χ2v) is 8.89. The topological polar surface area (TPSA) is 59.6 Å². The van der Waals surface area contributed by atoms with Crippen LogP contribution >= 0.6 is 0 Å². The molecule has 172 valence electrons. The summed E-state index contributed by atoms with van der Waals surface area (Å²) in [5.74, 6) is 0.0689. The molecule has 0 radical (unpaired) electrons. The lowest BCUT2D eigenvalue weighted by atomic mass is 9.99. The summed E-state index contributed by atoms with van der Waals surface area (Å²) in [6.45, 7) is 5.81. The van der Waals surface area contributed by atoms with Crippen molar-refractivity contribution in [2.45, 2.75) is 33.2 Å². The van der Waals surface area contributed by atoms with Crippen LogP contribution in [0.25, 0.3) is 22.3 Å². The monoisotopic (exact) mass is 452 g/mol. The van der Waals surface area contributed by atoms with E-state index in [0.29, 0.717) is 31.6 Å². The van der Waals surface area contributed by atoms with Crippen LogP contribution in [0.5, 0.6) is 0 Å². The van der Waals surface area contributed by atoms with Gasteiger partial charge in [-0.1, -0.05) is 48.5 Å². The van der Waals surface area contributed by atoms with Crippen LogP contribution < -0.4 is 5.56 Å². The molecule has 6 heteroatoms. The number of carbonyl (C=O) groups excluding carboxylic acids is 1. The number of aryl methyl sites for hydroxylation is 3. The zero-order valence-corrected chi connectivity index (χ0v) is 19.6. The zero-order valence-electron chi connectivity index (χ0n) is 19.6. The Balaban J connectivity index is 1.27. The van der Waals surface area contributed by atoms with Crippen molar-refractivity contribution in [1.82, 2.24) is 19.1 Å².